The van der Waals surface area contributed by atoms with E-state index in [9.17, 15) is 10.1 Å². The third-order valence-corrected chi connectivity index (χ3v) is 3.43. The first-order chi connectivity index (χ1) is 10.8. The maximum Gasteiger partial charge on any atom is 0.266 e. The molecular formula is C17H21N5O. The predicted molar refractivity (Wildman–Crippen MR) is 92.5 cm³/mol. The lowest BCUT2D eigenvalue weighted by molar-refractivity contribution is -0.116. The van der Waals surface area contributed by atoms with Gasteiger partial charge in [-0.1, -0.05) is 20.4 Å². The first kappa shape index (κ1) is 18.1. The van der Waals surface area contributed by atoms with Crippen molar-refractivity contribution >= 4 is 23.6 Å². The minimum atomic E-state index is -0.480. The lowest BCUT2D eigenvalue weighted by Crippen LogP contribution is -2.24. The van der Waals surface area contributed by atoms with Gasteiger partial charge in [0.2, 0.25) is 0 Å². The Hall–Kier alpha value is -2.94. The van der Waals surface area contributed by atoms with Crippen LogP contribution in [0, 0.1) is 17.2 Å². The number of nitriles is 1. The number of aliphatic imine (C=N–C) groups is 1. The molecule has 0 atom stereocenters. The van der Waals surface area contributed by atoms with Gasteiger partial charge in [0.1, 0.15) is 17.5 Å². The van der Waals surface area contributed by atoms with E-state index in [0.29, 0.717) is 22.6 Å². The van der Waals surface area contributed by atoms with Crippen molar-refractivity contribution in [3.05, 3.63) is 41.1 Å². The molecule has 1 amide bonds. The van der Waals surface area contributed by atoms with Crippen LogP contribution in [-0.2, 0) is 4.79 Å². The largest absolute Gasteiger partial charge is 0.383 e. The molecule has 1 aromatic heterocycles. The number of aromatic nitrogens is 1. The molecule has 0 fully saturated rings. The molecule has 23 heavy (non-hydrogen) atoms. The third kappa shape index (κ3) is 4.51. The van der Waals surface area contributed by atoms with Crippen LogP contribution in [0.25, 0.3) is 5.70 Å². The van der Waals surface area contributed by atoms with E-state index in [1.165, 1.54) is 6.20 Å². The number of anilines is 1. The molecule has 0 aromatic carbocycles. The lowest BCUT2D eigenvalue weighted by Gasteiger charge is -2.12. The van der Waals surface area contributed by atoms with Gasteiger partial charge in [-0.25, -0.2) is 4.98 Å². The van der Waals surface area contributed by atoms with Crippen LogP contribution >= 0.6 is 0 Å². The van der Waals surface area contributed by atoms with E-state index in [2.05, 4.69) is 21.9 Å². The topological polar surface area (TPSA) is 104 Å². The summed E-state index contributed by atoms with van der Waals surface area (Å²) < 4.78 is 0. The minimum Gasteiger partial charge on any atom is -0.383 e. The molecule has 0 saturated carbocycles. The highest BCUT2D eigenvalue weighted by Gasteiger charge is 2.16. The number of carbonyl (C=O) groups excluding carboxylic acids is 1. The van der Waals surface area contributed by atoms with Crippen molar-refractivity contribution in [3.8, 4) is 6.07 Å². The van der Waals surface area contributed by atoms with Crippen LogP contribution in [-0.4, -0.2) is 24.2 Å². The second-order valence-corrected chi connectivity index (χ2v) is 5.34. The van der Waals surface area contributed by atoms with Crippen molar-refractivity contribution in [2.24, 2.45) is 10.9 Å². The fourth-order valence-corrected chi connectivity index (χ4v) is 1.78. The smallest absolute Gasteiger partial charge is 0.266 e. The number of amides is 1. The van der Waals surface area contributed by atoms with Crippen LogP contribution in [0.3, 0.4) is 0 Å². The fourth-order valence-electron chi connectivity index (χ4n) is 1.78. The molecule has 3 N–H and O–H groups in total. The molecule has 0 spiro atoms. The van der Waals surface area contributed by atoms with Crippen LogP contribution < -0.4 is 11.1 Å². The number of nitrogens with zero attached hydrogens (tertiary/aromatic N) is 3. The number of carbonyl (C=O) groups is 1. The third-order valence-electron chi connectivity index (χ3n) is 3.43. The Morgan fingerprint density at radius 2 is 2.22 bits per heavy atom. The summed E-state index contributed by atoms with van der Waals surface area (Å²) in [7, 11) is 1.63. The highest BCUT2D eigenvalue weighted by atomic mass is 16.1. The molecule has 0 aliphatic rings. The Labute approximate surface area is 136 Å². The summed E-state index contributed by atoms with van der Waals surface area (Å²) in [6, 6.07) is 3.68. The molecule has 1 rings (SSSR count). The van der Waals surface area contributed by atoms with Gasteiger partial charge in [0, 0.05) is 36.3 Å². The standard InChI is InChI=1S/C17H21N5O/c1-10(2)11(3)15(7-18)17(23)22-12(4)13-6-14(8-20-5)16(19)21-9-13/h6,8-10H,4H2,1-3,5H3,(H2,19,21)(H,22,23)/b15-11+,20-8?. The van der Waals surface area contributed by atoms with E-state index < -0.39 is 5.91 Å². The van der Waals surface area contributed by atoms with Gasteiger partial charge in [-0.3, -0.25) is 9.79 Å². The van der Waals surface area contributed by atoms with Gasteiger partial charge in [-0.05, 0) is 24.5 Å². The second-order valence-electron chi connectivity index (χ2n) is 5.34. The molecule has 1 aromatic rings. The van der Waals surface area contributed by atoms with Gasteiger partial charge in [0.05, 0.1) is 0 Å². The number of nitrogen functional groups attached to an aromatic ring is 1. The van der Waals surface area contributed by atoms with Crippen molar-refractivity contribution in [2.45, 2.75) is 20.8 Å². The Kier molecular flexibility index (Phi) is 6.22. The molecule has 0 aliphatic carbocycles. The number of hydrogen-bond acceptors (Lipinski definition) is 5. The summed E-state index contributed by atoms with van der Waals surface area (Å²) >= 11 is 0. The molecule has 0 saturated heterocycles. The quantitative estimate of drug-likeness (QED) is 0.494. The van der Waals surface area contributed by atoms with E-state index in [0.717, 1.165) is 5.57 Å². The number of rotatable bonds is 5. The zero-order valence-corrected chi connectivity index (χ0v) is 13.8. The van der Waals surface area contributed by atoms with Crippen molar-refractivity contribution in [1.29, 1.82) is 5.26 Å². The van der Waals surface area contributed by atoms with E-state index in [1.807, 2.05) is 19.9 Å². The predicted octanol–water partition coefficient (Wildman–Crippen LogP) is 2.30. The molecular weight excluding hydrogens is 290 g/mol. The van der Waals surface area contributed by atoms with Crippen LogP contribution in [0.15, 0.2) is 35.0 Å². The van der Waals surface area contributed by atoms with Gasteiger partial charge in [0.25, 0.3) is 5.91 Å². The minimum absolute atomic E-state index is 0.0971. The Balaban J connectivity index is 3.05. The van der Waals surface area contributed by atoms with E-state index >= 15 is 0 Å². The second kappa shape index (κ2) is 7.90. The Morgan fingerprint density at radius 3 is 2.74 bits per heavy atom. The van der Waals surface area contributed by atoms with Crippen LogP contribution in [0.5, 0.6) is 0 Å². The van der Waals surface area contributed by atoms with Gasteiger partial charge in [-0.15, -0.1) is 0 Å². The number of hydrogen-bond donors (Lipinski definition) is 2. The number of nitrogens with one attached hydrogen (secondary N) is 1. The van der Waals surface area contributed by atoms with Gasteiger partial charge in [-0.2, -0.15) is 5.26 Å². The molecule has 1 heterocycles. The van der Waals surface area contributed by atoms with Crippen molar-refractivity contribution < 1.29 is 4.79 Å². The van der Waals surface area contributed by atoms with E-state index in [1.54, 1.807) is 26.3 Å². The van der Waals surface area contributed by atoms with Crippen molar-refractivity contribution in [3.63, 3.8) is 0 Å². The summed E-state index contributed by atoms with van der Waals surface area (Å²) in [6.45, 7) is 9.45. The Morgan fingerprint density at radius 1 is 1.57 bits per heavy atom. The highest BCUT2D eigenvalue weighted by molar-refractivity contribution is 6.02. The van der Waals surface area contributed by atoms with E-state index in [4.69, 9.17) is 5.73 Å². The normalized spacial score (nSPS) is 12.0. The zero-order chi connectivity index (χ0) is 17.6. The molecule has 0 bridgehead atoms. The molecule has 0 radical (unpaired) electrons. The zero-order valence-electron chi connectivity index (χ0n) is 13.8. The highest BCUT2D eigenvalue weighted by Crippen LogP contribution is 2.17. The number of allylic oxidation sites excluding steroid dienone is 1. The van der Waals surface area contributed by atoms with Crippen LogP contribution in [0.4, 0.5) is 5.82 Å². The average molecular weight is 311 g/mol. The summed E-state index contributed by atoms with van der Waals surface area (Å²) in [5, 5.41) is 11.8. The SMILES string of the molecule is C=C(NC(=O)/C(C#N)=C(\C)C(C)C)c1cnc(N)c(C=NC)c1. The van der Waals surface area contributed by atoms with Crippen molar-refractivity contribution in [1.82, 2.24) is 10.3 Å². The summed E-state index contributed by atoms with van der Waals surface area (Å²) in [5.41, 5.74) is 8.15. The van der Waals surface area contributed by atoms with Crippen LogP contribution in [0.1, 0.15) is 31.9 Å². The van der Waals surface area contributed by atoms with Crippen molar-refractivity contribution in [2.75, 3.05) is 12.8 Å². The maximum absolute atomic E-state index is 12.3. The first-order valence-corrected chi connectivity index (χ1v) is 7.11. The monoisotopic (exact) mass is 311 g/mol. The maximum atomic E-state index is 12.3. The molecule has 6 heteroatoms. The van der Waals surface area contributed by atoms with E-state index in [-0.39, 0.29) is 11.5 Å². The summed E-state index contributed by atoms with van der Waals surface area (Å²) in [5.74, 6) is -0.0350. The summed E-state index contributed by atoms with van der Waals surface area (Å²) in [4.78, 5) is 20.2. The number of nitrogens with two attached hydrogens (primary N) is 1. The lowest BCUT2D eigenvalue weighted by atomic mass is 9.99. The molecule has 6 nitrogen and oxygen atoms in total. The van der Waals surface area contributed by atoms with Crippen LogP contribution in [0.2, 0.25) is 0 Å². The first-order valence-electron chi connectivity index (χ1n) is 7.11. The number of pyridine rings is 1. The summed E-state index contributed by atoms with van der Waals surface area (Å²) in [6.07, 6.45) is 3.08. The molecule has 0 unspecified atom stereocenters. The molecule has 0 aliphatic heterocycles. The van der Waals surface area contributed by atoms with Gasteiger partial charge >= 0.3 is 0 Å². The average Bonchev–Trinajstić information content (AvgIpc) is 2.50. The fraction of sp³-hybridized carbons (Fsp3) is 0.294. The Bertz CT molecular complexity index is 723. The van der Waals surface area contributed by atoms with Gasteiger partial charge in [0.15, 0.2) is 0 Å². The molecule has 120 valence electrons. The van der Waals surface area contributed by atoms with Gasteiger partial charge < -0.3 is 11.1 Å².